The smallest absolute Gasteiger partial charge is 0.261 e. The summed E-state index contributed by atoms with van der Waals surface area (Å²) in [5.41, 5.74) is 1.55. The van der Waals surface area contributed by atoms with Gasteiger partial charge in [0.2, 0.25) is 0 Å². The van der Waals surface area contributed by atoms with Gasteiger partial charge >= 0.3 is 0 Å². The largest absolute Gasteiger partial charge is 0.360 e. The van der Waals surface area contributed by atoms with E-state index >= 15 is 0 Å². The molecule has 3 rings (SSSR count). The molecule has 128 valence electrons. The normalized spacial score (nSPS) is 10.8. The van der Waals surface area contributed by atoms with Crippen LogP contribution in [0.1, 0.15) is 21.7 Å². The summed E-state index contributed by atoms with van der Waals surface area (Å²) in [5.74, 6) is -0.864. The van der Waals surface area contributed by atoms with E-state index < -0.39 is 11.7 Å². The molecule has 3 aromatic rings. The van der Waals surface area contributed by atoms with Crippen LogP contribution in [0.25, 0.3) is 11.3 Å². The first-order valence-electron chi connectivity index (χ1n) is 7.36. The highest BCUT2D eigenvalue weighted by Gasteiger charge is 2.25. The summed E-state index contributed by atoms with van der Waals surface area (Å²) in [6, 6.07) is 9.46. The predicted octanol–water partition coefficient (Wildman–Crippen LogP) is 5.66. The maximum atomic E-state index is 14.2. The number of halogens is 3. The Morgan fingerprint density at radius 2 is 1.92 bits per heavy atom. The van der Waals surface area contributed by atoms with Crippen LogP contribution in [-0.4, -0.2) is 11.1 Å². The van der Waals surface area contributed by atoms with Crippen LogP contribution in [0, 0.1) is 19.7 Å². The number of hydrogen-bond acceptors (Lipinski definition) is 3. The van der Waals surface area contributed by atoms with Crippen molar-refractivity contribution in [3.05, 3.63) is 69.1 Å². The minimum absolute atomic E-state index is 0.0150. The number of carbonyl (C=O) groups is 1. The van der Waals surface area contributed by atoms with E-state index in [1.807, 2.05) is 13.0 Å². The molecule has 25 heavy (non-hydrogen) atoms. The summed E-state index contributed by atoms with van der Waals surface area (Å²) in [5, 5.41) is 7.04. The molecule has 4 nitrogen and oxygen atoms in total. The minimum Gasteiger partial charge on any atom is -0.360 e. The number of anilines is 1. The minimum atomic E-state index is -0.594. The summed E-state index contributed by atoms with van der Waals surface area (Å²) in [6.45, 7) is 3.46. The molecule has 1 heterocycles. The summed E-state index contributed by atoms with van der Waals surface area (Å²) < 4.78 is 19.3. The number of benzene rings is 2. The molecule has 0 radical (unpaired) electrons. The molecule has 0 aliphatic rings. The lowest BCUT2D eigenvalue weighted by molar-refractivity contribution is 0.102. The van der Waals surface area contributed by atoms with Gasteiger partial charge in [-0.2, -0.15) is 0 Å². The molecule has 0 saturated heterocycles. The number of aromatic nitrogens is 1. The molecule has 1 aromatic heterocycles. The Morgan fingerprint density at radius 1 is 1.16 bits per heavy atom. The van der Waals surface area contributed by atoms with Crippen LogP contribution in [0.4, 0.5) is 10.1 Å². The van der Waals surface area contributed by atoms with Crippen LogP contribution in [0.2, 0.25) is 10.0 Å². The molecule has 0 fully saturated rings. The third-order valence-electron chi connectivity index (χ3n) is 3.66. The van der Waals surface area contributed by atoms with Crippen molar-refractivity contribution in [2.75, 3.05) is 5.32 Å². The van der Waals surface area contributed by atoms with E-state index in [2.05, 4.69) is 10.5 Å². The fourth-order valence-electron chi connectivity index (χ4n) is 2.44. The van der Waals surface area contributed by atoms with Crippen molar-refractivity contribution >= 4 is 34.8 Å². The van der Waals surface area contributed by atoms with Gasteiger partial charge in [-0.15, -0.1) is 0 Å². The van der Waals surface area contributed by atoms with E-state index in [9.17, 15) is 9.18 Å². The lowest BCUT2D eigenvalue weighted by Gasteiger charge is -2.09. The fourth-order valence-corrected chi connectivity index (χ4v) is 2.98. The molecule has 1 N–H and O–H groups in total. The van der Waals surface area contributed by atoms with E-state index in [0.717, 1.165) is 5.56 Å². The highest BCUT2D eigenvalue weighted by molar-refractivity contribution is 6.34. The van der Waals surface area contributed by atoms with Gasteiger partial charge in [-0.1, -0.05) is 40.5 Å². The molecule has 1 amide bonds. The van der Waals surface area contributed by atoms with Crippen LogP contribution in [-0.2, 0) is 0 Å². The molecular formula is C18H13Cl2FN2O2. The first-order chi connectivity index (χ1) is 11.9. The summed E-state index contributed by atoms with van der Waals surface area (Å²) in [6.07, 6.45) is 0. The average Bonchev–Trinajstić information content (AvgIpc) is 2.91. The Hall–Kier alpha value is -2.37. The Kier molecular flexibility index (Phi) is 4.79. The number of nitrogens with one attached hydrogen (secondary N) is 1. The Balaban J connectivity index is 2.03. The van der Waals surface area contributed by atoms with Crippen LogP contribution in [0.5, 0.6) is 0 Å². The monoisotopic (exact) mass is 378 g/mol. The second-order valence-corrected chi connectivity index (χ2v) is 6.31. The second kappa shape index (κ2) is 6.86. The van der Waals surface area contributed by atoms with E-state index in [-0.39, 0.29) is 27.6 Å². The molecule has 0 saturated carbocycles. The quantitative estimate of drug-likeness (QED) is 0.639. The Bertz CT molecular complexity index is 949. The molecule has 0 aliphatic heterocycles. The van der Waals surface area contributed by atoms with Gasteiger partial charge in [-0.25, -0.2) is 4.39 Å². The van der Waals surface area contributed by atoms with Gasteiger partial charge in [-0.05, 0) is 43.7 Å². The summed E-state index contributed by atoms with van der Waals surface area (Å²) >= 11 is 12.2. The maximum Gasteiger partial charge on any atom is 0.261 e. The van der Waals surface area contributed by atoms with E-state index in [1.54, 1.807) is 19.1 Å². The second-order valence-electron chi connectivity index (χ2n) is 5.50. The number of aryl methyl sites for hydroxylation is 2. The number of nitrogens with zero attached hydrogens (tertiary/aromatic N) is 1. The fraction of sp³-hybridized carbons (Fsp3) is 0.111. The van der Waals surface area contributed by atoms with Crippen molar-refractivity contribution in [3.63, 3.8) is 0 Å². The highest BCUT2D eigenvalue weighted by atomic mass is 35.5. The Labute approximate surface area is 153 Å². The van der Waals surface area contributed by atoms with Gasteiger partial charge in [-0.3, -0.25) is 4.79 Å². The number of carbonyl (C=O) groups excluding carboxylic acids is 1. The average molecular weight is 379 g/mol. The standard InChI is InChI=1S/C18H13Cl2FN2O2/c1-9-6-7-14(12(20)8-9)22-18(24)15-10(2)25-23-17(15)16-11(19)4-3-5-13(16)21/h3-8H,1-2H3,(H,22,24). The van der Waals surface area contributed by atoms with Crippen LogP contribution < -0.4 is 5.32 Å². The van der Waals surface area contributed by atoms with Crippen molar-refractivity contribution < 1.29 is 13.7 Å². The molecule has 2 aromatic carbocycles. The summed E-state index contributed by atoms with van der Waals surface area (Å²) in [4.78, 5) is 12.7. The molecule has 0 aliphatic carbocycles. The molecule has 7 heteroatoms. The van der Waals surface area contributed by atoms with Crippen LogP contribution >= 0.6 is 23.2 Å². The van der Waals surface area contributed by atoms with Gasteiger partial charge in [0.25, 0.3) is 5.91 Å². The van der Waals surface area contributed by atoms with Gasteiger partial charge in [0.1, 0.15) is 22.8 Å². The van der Waals surface area contributed by atoms with Crippen molar-refractivity contribution in [1.82, 2.24) is 5.16 Å². The zero-order valence-corrected chi connectivity index (χ0v) is 14.9. The van der Waals surface area contributed by atoms with Gasteiger partial charge in [0.15, 0.2) is 0 Å². The Morgan fingerprint density at radius 3 is 2.60 bits per heavy atom. The van der Waals surface area contributed by atoms with Crippen molar-refractivity contribution in [2.45, 2.75) is 13.8 Å². The zero-order chi connectivity index (χ0) is 18.1. The van der Waals surface area contributed by atoms with Gasteiger partial charge in [0.05, 0.1) is 21.3 Å². The van der Waals surface area contributed by atoms with E-state index in [0.29, 0.717) is 10.7 Å². The number of rotatable bonds is 3. The lowest BCUT2D eigenvalue weighted by Crippen LogP contribution is -2.14. The van der Waals surface area contributed by atoms with Crippen molar-refractivity contribution in [1.29, 1.82) is 0 Å². The first-order valence-corrected chi connectivity index (χ1v) is 8.12. The van der Waals surface area contributed by atoms with Crippen LogP contribution in [0.3, 0.4) is 0 Å². The topological polar surface area (TPSA) is 55.1 Å². The first kappa shape index (κ1) is 17.5. The molecular weight excluding hydrogens is 366 g/mol. The van der Waals surface area contributed by atoms with Crippen LogP contribution in [0.15, 0.2) is 40.9 Å². The molecule has 0 bridgehead atoms. The lowest BCUT2D eigenvalue weighted by atomic mass is 10.0. The SMILES string of the molecule is Cc1ccc(NC(=O)c2c(-c3c(F)cccc3Cl)noc2C)c(Cl)c1. The third kappa shape index (κ3) is 3.38. The molecule has 0 atom stereocenters. The van der Waals surface area contributed by atoms with E-state index in [1.165, 1.54) is 18.2 Å². The number of amides is 1. The molecule has 0 spiro atoms. The van der Waals surface area contributed by atoms with Gasteiger partial charge < -0.3 is 9.84 Å². The number of hydrogen-bond donors (Lipinski definition) is 1. The zero-order valence-electron chi connectivity index (χ0n) is 13.4. The van der Waals surface area contributed by atoms with E-state index in [4.69, 9.17) is 27.7 Å². The van der Waals surface area contributed by atoms with Gasteiger partial charge in [0, 0.05) is 0 Å². The predicted molar refractivity (Wildman–Crippen MR) is 95.8 cm³/mol. The maximum absolute atomic E-state index is 14.2. The van der Waals surface area contributed by atoms with Crippen molar-refractivity contribution in [2.24, 2.45) is 0 Å². The third-order valence-corrected chi connectivity index (χ3v) is 4.29. The highest BCUT2D eigenvalue weighted by Crippen LogP contribution is 2.34. The molecule has 0 unspecified atom stereocenters. The summed E-state index contributed by atoms with van der Waals surface area (Å²) in [7, 11) is 0. The van der Waals surface area contributed by atoms with Crippen molar-refractivity contribution in [3.8, 4) is 11.3 Å².